The summed E-state index contributed by atoms with van der Waals surface area (Å²) in [5.41, 5.74) is 0.324. The molecule has 0 saturated carbocycles. The second-order valence-electron chi connectivity index (χ2n) is 6.41. The lowest BCUT2D eigenvalue weighted by Crippen LogP contribution is -2.46. The maximum absolute atomic E-state index is 13.0. The fraction of sp³-hybridized carbons (Fsp3) is 0. The zero-order valence-electron chi connectivity index (χ0n) is 15.6. The van der Waals surface area contributed by atoms with Crippen molar-refractivity contribution in [3.8, 4) is 11.5 Å². The second kappa shape index (κ2) is 8.40. The number of halogens is 1. The molecule has 0 aliphatic rings. The maximum Gasteiger partial charge on any atom is 0.272 e. The number of rotatable bonds is 4. The van der Waals surface area contributed by atoms with Crippen LogP contribution in [0.15, 0.2) is 82.5 Å². The Morgan fingerprint density at radius 3 is 2.23 bits per heavy atom. The first-order valence-corrected chi connectivity index (χ1v) is 9.07. The lowest BCUT2D eigenvalue weighted by atomic mass is 10.2. The van der Waals surface area contributed by atoms with Crippen LogP contribution in [0.3, 0.4) is 0 Å². The first-order chi connectivity index (χ1) is 14.6. The van der Waals surface area contributed by atoms with Crippen LogP contribution < -0.4 is 26.6 Å². The van der Waals surface area contributed by atoms with Crippen molar-refractivity contribution in [2.75, 3.05) is 0 Å². The van der Waals surface area contributed by atoms with Crippen LogP contribution in [0, 0.1) is 5.82 Å². The molecule has 0 spiro atoms. The Hall–Kier alpha value is -4.26. The van der Waals surface area contributed by atoms with Crippen LogP contribution in [-0.2, 0) is 0 Å². The van der Waals surface area contributed by atoms with Crippen molar-refractivity contribution < 1.29 is 9.13 Å². The molecule has 0 aliphatic heterocycles. The summed E-state index contributed by atoms with van der Waals surface area (Å²) in [4.78, 5) is 34.1. The van der Waals surface area contributed by atoms with E-state index < -0.39 is 11.1 Å². The van der Waals surface area contributed by atoms with Gasteiger partial charge in [0, 0.05) is 6.20 Å². The van der Waals surface area contributed by atoms with Crippen molar-refractivity contribution in [1.29, 1.82) is 0 Å². The normalized spacial score (nSPS) is 12.2. The summed E-state index contributed by atoms with van der Waals surface area (Å²) in [5.74, 6) is 0.639. The van der Waals surface area contributed by atoms with Crippen LogP contribution in [0.5, 0.6) is 11.5 Å². The van der Waals surface area contributed by atoms with E-state index in [4.69, 9.17) is 4.74 Å². The molecule has 0 amide bonds. The fourth-order valence-corrected chi connectivity index (χ4v) is 2.78. The van der Waals surface area contributed by atoms with Gasteiger partial charge in [-0.2, -0.15) is 0 Å². The van der Waals surface area contributed by atoms with Crippen LogP contribution in [0.25, 0.3) is 12.2 Å². The Morgan fingerprint density at radius 1 is 0.800 bits per heavy atom. The van der Waals surface area contributed by atoms with Gasteiger partial charge in [0.15, 0.2) is 0 Å². The number of nitrogens with zero attached hydrogens (tertiary/aromatic N) is 1. The molecular formula is C23H16FN3O3. The zero-order valence-corrected chi connectivity index (χ0v) is 15.6. The van der Waals surface area contributed by atoms with E-state index in [1.54, 1.807) is 54.7 Å². The predicted molar refractivity (Wildman–Crippen MR) is 111 cm³/mol. The highest BCUT2D eigenvalue weighted by molar-refractivity contribution is 5.51. The van der Waals surface area contributed by atoms with Crippen molar-refractivity contribution in [2.24, 2.45) is 0 Å². The summed E-state index contributed by atoms with van der Waals surface area (Å²) < 4.78 is 18.7. The van der Waals surface area contributed by atoms with Crippen LogP contribution in [0.2, 0.25) is 0 Å². The fourth-order valence-electron chi connectivity index (χ4n) is 2.78. The summed E-state index contributed by atoms with van der Waals surface area (Å²) in [6, 6.07) is 17.9. The summed E-state index contributed by atoms with van der Waals surface area (Å²) in [7, 11) is 0. The molecule has 0 aliphatic carbocycles. The van der Waals surface area contributed by atoms with E-state index in [0.717, 1.165) is 0 Å². The molecule has 6 nitrogen and oxygen atoms in total. The lowest BCUT2D eigenvalue weighted by molar-refractivity contribution is 0.480. The minimum absolute atomic E-state index is 0.108. The molecule has 7 heteroatoms. The van der Waals surface area contributed by atoms with Crippen LogP contribution in [0.4, 0.5) is 4.39 Å². The molecule has 0 saturated heterocycles. The van der Waals surface area contributed by atoms with Crippen LogP contribution >= 0.6 is 0 Å². The van der Waals surface area contributed by atoms with Crippen LogP contribution in [0.1, 0.15) is 11.3 Å². The number of pyridine rings is 1. The molecule has 2 heterocycles. The highest BCUT2D eigenvalue weighted by atomic mass is 19.1. The van der Waals surface area contributed by atoms with Crippen molar-refractivity contribution in [3.05, 3.63) is 121 Å². The van der Waals surface area contributed by atoms with Gasteiger partial charge in [-0.05, 0) is 66.2 Å². The number of H-pyrrole nitrogens is 2. The molecule has 0 fully saturated rings. The van der Waals surface area contributed by atoms with Gasteiger partial charge in [-0.15, -0.1) is 0 Å². The van der Waals surface area contributed by atoms with Crippen molar-refractivity contribution in [2.45, 2.75) is 0 Å². The third kappa shape index (κ3) is 4.59. The number of ether oxygens (including phenoxy) is 1. The maximum atomic E-state index is 13.0. The van der Waals surface area contributed by atoms with Gasteiger partial charge in [0.1, 0.15) is 28.0 Å². The van der Waals surface area contributed by atoms with E-state index in [1.165, 1.54) is 30.3 Å². The number of aromatic nitrogens is 3. The molecule has 4 rings (SSSR count). The molecule has 0 unspecified atom stereocenters. The molecular weight excluding hydrogens is 385 g/mol. The van der Waals surface area contributed by atoms with Gasteiger partial charge in [-0.25, -0.2) is 4.39 Å². The number of nitrogens with one attached hydrogen (secondary N) is 2. The third-order valence-electron chi connectivity index (χ3n) is 4.18. The Kier molecular flexibility index (Phi) is 5.34. The Morgan fingerprint density at radius 2 is 1.53 bits per heavy atom. The topological polar surface area (TPSA) is 87.8 Å². The van der Waals surface area contributed by atoms with Crippen LogP contribution in [-0.4, -0.2) is 15.0 Å². The van der Waals surface area contributed by atoms with E-state index in [-0.39, 0.29) is 16.5 Å². The van der Waals surface area contributed by atoms with Gasteiger partial charge in [0.05, 0.1) is 5.69 Å². The Bertz CT molecular complexity index is 1410. The number of aromatic amines is 2. The monoisotopic (exact) mass is 401 g/mol. The first kappa shape index (κ1) is 19.1. The van der Waals surface area contributed by atoms with Gasteiger partial charge >= 0.3 is 0 Å². The summed E-state index contributed by atoms with van der Waals surface area (Å²) in [6.45, 7) is 0. The highest BCUT2D eigenvalue weighted by Crippen LogP contribution is 2.22. The minimum Gasteiger partial charge on any atom is -0.457 e. The summed E-state index contributed by atoms with van der Waals surface area (Å²) in [6.07, 6.45) is 4.64. The van der Waals surface area contributed by atoms with Gasteiger partial charge in [-0.1, -0.05) is 18.2 Å². The van der Waals surface area contributed by atoms with Crippen molar-refractivity contribution in [3.63, 3.8) is 0 Å². The SMILES string of the molecule is O=c1[nH]/c(=C\c2ccccn2)c(=O)[nH]/c1=C\c1cccc(Oc2ccc(F)cc2)c1. The number of hydrogen-bond acceptors (Lipinski definition) is 4. The molecule has 0 bridgehead atoms. The van der Waals surface area contributed by atoms with Crippen molar-refractivity contribution >= 4 is 12.2 Å². The third-order valence-corrected chi connectivity index (χ3v) is 4.18. The smallest absolute Gasteiger partial charge is 0.272 e. The highest BCUT2D eigenvalue weighted by Gasteiger charge is 2.01. The van der Waals surface area contributed by atoms with Crippen molar-refractivity contribution in [1.82, 2.24) is 15.0 Å². The molecule has 4 aromatic rings. The molecule has 0 atom stereocenters. The zero-order chi connectivity index (χ0) is 20.9. The molecule has 148 valence electrons. The molecule has 30 heavy (non-hydrogen) atoms. The lowest BCUT2D eigenvalue weighted by Gasteiger charge is -2.06. The van der Waals surface area contributed by atoms with Gasteiger partial charge in [-0.3, -0.25) is 14.6 Å². The second-order valence-corrected chi connectivity index (χ2v) is 6.41. The number of benzene rings is 2. The van der Waals surface area contributed by atoms with E-state index >= 15 is 0 Å². The van der Waals surface area contributed by atoms with E-state index in [0.29, 0.717) is 22.8 Å². The standard InChI is InChI=1S/C23H16FN3O3/c24-16-7-9-18(10-8-16)30-19-6-3-4-15(12-19)13-20-22(28)27-21(23(29)26-20)14-17-5-1-2-11-25-17/h1-14H,(H,26,29)(H,27,28)/b20-13-,21-14-. The summed E-state index contributed by atoms with van der Waals surface area (Å²) >= 11 is 0. The van der Waals surface area contributed by atoms with E-state index in [1.807, 2.05) is 0 Å². The average Bonchev–Trinajstić information content (AvgIpc) is 2.74. The summed E-state index contributed by atoms with van der Waals surface area (Å²) in [5, 5.41) is 0.223. The molecule has 2 aromatic carbocycles. The van der Waals surface area contributed by atoms with Gasteiger partial charge in [0.25, 0.3) is 11.1 Å². The molecule has 0 radical (unpaired) electrons. The minimum atomic E-state index is -0.443. The van der Waals surface area contributed by atoms with E-state index in [9.17, 15) is 14.0 Å². The van der Waals surface area contributed by atoms with E-state index in [2.05, 4.69) is 15.0 Å². The molecule has 2 aromatic heterocycles. The largest absolute Gasteiger partial charge is 0.457 e. The Balaban J connectivity index is 1.67. The first-order valence-electron chi connectivity index (χ1n) is 9.07. The quantitative estimate of drug-likeness (QED) is 0.548. The predicted octanol–water partition coefficient (Wildman–Crippen LogP) is 2.05. The average molecular weight is 401 g/mol. The number of hydrogen-bond donors (Lipinski definition) is 2. The van der Waals surface area contributed by atoms with Gasteiger partial charge < -0.3 is 14.7 Å². The van der Waals surface area contributed by atoms with Gasteiger partial charge in [0.2, 0.25) is 0 Å². The molecule has 2 N–H and O–H groups in total. The Labute approximate surface area is 169 Å².